The number of benzene rings is 2. The highest BCUT2D eigenvalue weighted by Crippen LogP contribution is 2.12. The molecule has 4 nitrogen and oxygen atoms in total. The van der Waals surface area contributed by atoms with Crippen molar-refractivity contribution in [3.63, 3.8) is 0 Å². The Morgan fingerprint density at radius 3 is 2.29 bits per heavy atom. The molecule has 0 spiro atoms. The summed E-state index contributed by atoms with van der Waals surface area (Å²) in [5, 5.41) is 5.00. The summed E-state index contributed by atoms with van der Waals surface area (Å²) in [5.41, 5.74) is 0.548. The van der Waals surface area contributed by atoms with E-state index in [-0.39, 0.29) is 11.6 Å². The molecule has 0 aliphatic heterocycles. The SMILES string of the molecule is C[C@@H](NC(=O)c1ccccc1)C(=O)Nc1ccccc1F. The molecule has 2 rings (SSSR count). The molecule has 5 heteroatoms. The van der Waals surface area contributed by atoms with Crippen LogP contribution in [0.15, 0.2) is 54.6 Å². The van der Waals surface area contributed by atoms with Gasteiger partial charge in [0.25, 0.3) is 5.91 Å². The van der Waals surface area contributed by atoms with Gasteiger partial charge in [0, 0.05) is 5.56 Å². The number of para-hydroxylation sites is 1. The van der Waals surface area contributed by atoms with Gasteiger partial charge in [0.15, 0.2) is 0 Å². The van der Waals surface area contributed by atoms with E-state index in [0.29, 0.717) is 5.56 Å². The predicted octanol–water partition coefficient (Wildman–Crippen LogP) is 2.58. The number of amides is 2. The highest BCUT2D eigenvalue weighted by molar-refractivity contribution is 6.00. The molecule has 0 aromatic heterocycles. The standard InChI is InChI=1S/C16H15FN2O2/c1-11(18-16(21)12-7-3-2-4-8-12)15(20)19-14-10-6-5-9-13(14)17/h2-11H,1H3,(H,18,21)(H,19,20)/t11-/m1/s1. The van der Waals surface area contributed by atoms with E-state index in [2.05, 4.69) is 10.6 Å². The number of hydrogen-bond acceptors (Lipinski definition) is 2. The lowest BCUT2D eigenvalue weighted by molar-refractivity contribution is -0.117. The molecule has 0 aliphatic rings. The van der Waals surface area contributed by atoms with Crippen LogP contribution < -0.4 is 10.6 Å². The molecule has 21 heavy (non-hydrogen) atoms. The van der Waals surface area contributed by atoms with E-state index in [1.54, 1.807) is 36.4 Å². The van der Waals surface area contributed by atoms with E-state index in [1.165, 1.54) is 25.1 Å². The zero-order valence-electron chi connectivity index (χ0n) is 11.5. The van der Waals surface area contributed by atoms with E-state index in [4.69, 9.17) is 0 Å². The maximum absolute atomic E-state index is 13.4. The minimum Gasteiger partial charge on any atom is -0.341 e. The van der Waals surface area contributed by atoms with E-state index in [0.717, 1.165) is 0 Å². The van der Waals surface area contributed by atoms with Crippen LogP contribution in [0.4, 0.5) is 10.1 Å². The van der Waals surface area contributed by atoms with Gasteiger partial charge in [0.1, 0.15) is 11.9 Å². The Morgan fingerprint density at radius 1 is 1.00 bits per heavy atom. The van der Waals surface area contributed by atoms with Gasteiger partial charge in [-0.1, -0.05) is 30.3 Å². The largest absolute Gasteiger partial charge is 0.341 e. The van der Waals surface area contributed by atoms with Crippen molar-refractivity contribution in [2.24, 2.45) is 0 Å². The van der Waals surface area contributed by atoms with Crippen molar-refractivity contribution in [1.82, 2.24) is 5.32 Å². The lowest BCUT2D eigenvalue weighted by atomic mass is 10.2. The third-order valence-corrected chi connectivity index (χ3v) is 2.91. The molecular weight excluding hydrogens is 271 g/mol. The van der Waals surface area contributed by atoms with Crippen molar-refractivity contribution < 1.29 is 14.0 Å². The first-order valence-corrected chi connectivity index (χ1v) is 6.49. The Kier molecular flexibility index (Phi) is 4.66. The van der Waals surface area contributed by atoms with Crippen molar-refractivity contribution in [3.8, 4) is 0 Å². The van der Waals surface area contributed by atoms with E-state index >= 15 is 0 Å². The number of carbonyl (C=O) groups excluding carboxylic acids is 2. The average Bonchev–Trinajstić information content (AvgIpc) is 2.50. The van der Waals surface area contributed by atoms with Crippen LogP contribution >= 0.6 is 0 Å². The lowest BCUT2D eigenvalue weighted by Crippen LogP contribution is -2.41. The van der Waals surface area contributed by atoms with Gasteiger partial charge >= 0.3 is 0 Å². The van der Waals surface area contributed by atoms with Crippen LogP contribution in [0.1, 0.15) is 17.3 Å². The maximum Gasteiger partial charge on any atom is 0.251 e. The van der Waals surface area contributed by atoms with Crippen LogP contribution in [-0.4, -0.2) is 17.9 Å². The normalized spacial score (nSPS) is 11.5. The Bertz CT molecular complexity index is 644. The van der Waals surface area contributed by atoms with E-state index < -0.39 is 17.8 Å². The van der Waals surface area contributed by atoms with Crippen LogP contribution in [-0.2, 0) is 4.79 Å². The smallest absolute Gasteiger partial charge is 0.251 e. The second kappa shape index (κ2) is 6.65. The minimum atomic E-state index is -0.780. The monoisotopic (exact) mass is 286 g/mol. The highest BCUT2D eigenvalue weighted by Gasteiger charge is 2.17. The Balaban J connectivity index is 1.97. The van der Waals surface area contributed by atoms with Crippen molar-refractivity contribution >= 4 is 17.5 Å². The molecule has 2 N–H and O–H groups in total. The highest BCUT2D eigenvalue weighted by atomic mass is 19.1. The molecule has 108 valence electrons. The molecular formula is C16H15FN2O2. The summed E-state index contributed by atoms with van der Waals surface area (Å²) in [7, 11) is 0. The molecule has 0 radical (unpaired) electrons. The Morgan fingerprint density at radius 2 is 1.62 bits per heavy atom. The van der Waals surface area contributed by atoms with Gasteiger partial charge in [0.05, 0.1) is 5.69 Å². The summed E-state index contributed by atoms with van der Waals surface area (Å²) in [6.45, 7) is 1.54. The summed E-state index contributed by atoms with van der Waals surface area (Å²) >= 11 is 0. The van der Waals surface area contributed by atoms with E-state index in [9.17, 15) is 14.0 Å². The number of hydrogen-bond donors (Lipinski definition) is 2. The summed E-state index contributed by atoms with van der Waals surface area (Å²) in [4.78, 5) is 23.9. The van der Waals surface area contributed by atoms with E-state index in [1.807, 2.05) is 0 Å². The zero-order chi connectivity index (χ0) is 15.2. The first kappa shape index (κ1) is 14.7. The second-order valence-corrected chi connectivity index (χ2v) is 4.53. The molecule has 2 amide bonds. The summed E-state index contributed by atoms with van der Waals surface area (Å²) in [6, 6.07) is 13.6. The van der Waals surface area contributed by atoms with Crippen molar-refractivity contribution in [3.05, 3.63) is 66.0 Å². The molecule has 1 atom stereocenters. The summed E-state index contributed by atoms with van der Waals surface area (Å²) < 4.78 is 13.4. The third-order valence-electron chi connectivity index (χ3n) is 2.91. The van der Waals surface area contributed by atoms with Gasteiger partial charge in [-0.05, 0) is 31.2 Å². The molecule has 2 aromatic carbocycles. The topological polar surface area (TPSA) is 58.2 Å². The fourth-order valence-corrected chi connectivity index (χ4v) is 1.74. The van der Waals surface area contributed by atoms with Gasteiger partial charge in [0.2, 0.25) is 5.91 Å². The number of carbonyl (C=O) groups is 2. The van der Waals surface area contributed by atoms with Crippen LogP contribution in [0.25, 0.3) is 0 Å². The van der Waals surface area contributed by atoms with Gasteiger partial charge in [-0.25, -0.2) is 4.39 Å². The van der Waals surface area contributed by atoms with Crippen LogP contribution in [0.5, 0.6) is 0 Å². The minimum absolute atomic E-state index is 0.0864. The number of halogens is 1. The number of nitrogens with one attached hydrogen (secondary N) is 2. The van der Waals surface area contributed by atoms with Gasteiger partial charge in [-0.3, -0.25) is 9.59 Å². The second-order valence-electron chi connectivity index (χ2n) is 4.53. The van der Waals surface area contributed by atoms with Crippen LogP contribution in [0.2, 0.25) is 0 Å². The number of anilines is 1. The molecule has 0 fully saturated rings. The first-order valence-electron chi connectivity index (χ1n) is 6.49. The van der Waals surface area contributed by atoms with Crippen LogP contribution in [0, 0.1) is 5.82 Å². The van der Waals surface area contributed by atoms with Crippen molar-refractivity contribution in [1.29, 1.82) is 0 Å². The number of rotatable bonds is 4. The van der Waals surface area contributed by atoms with Gasteiger partial charge in [-0.2, -0.15) is 0 Å². The molecule has 0 heterocycles. The third kappa shape index (κ3) is 3.89. The van der Waals surface area contributed by atoms with Crippen molar-refractivity contribution in [2.45, 2.75) is 13.0 Å². The Labute approximate surface area is 122 Å². The molecule has 2 aromatic rings. The quantitative estimate of drug-likeness (QED) is 0.907. The van der Waals surface area contributed by atoms with Crippen LogP contribution in [0.3, 0.4) is 0 Å². The Hall–Kier alpha value is -2.69. The van der Waals surface area contributed by atoms with Gasteiger partial charge in [-0.15, -0.1) is 0 Å². The molecule has 0 aliphatic carbocycles. The predicted molar refractivity (Wildman–Crippen MR) is 78.4 cm³/mol. The summed E-state index contributed by atoms with van der Waals surface area (Å²) in [5.74, 6) is -1.36. The average molecular weight is 286 g/mol. The fraction of sp³-hybridized carbons (Fsp3) is 0.125. The fourth-order valence-electron chi connectivity index (χ4n) is 1.74. The van der Waals surface area contributed by atoms with Crippen molar-refractivity contribution in [2.75, 3.05) is 5.32 Å². The molecule has 0 saturated carbocycles. The van der Waals surface area contributed by atoms with Gasteiger partial charge < -0.3 is 10.6 Å². The lowest BCUT2D eigenvalue weighted by Gasteiger charge is -2.14. The molecule has 0 bridgehead atoms. The maximum atomic E-state index is 13.4. The first-order chi connectivity index (χ1) is 10.1. The molecule has 0 unspecified atom stereocenters. The zero-order valence-corrected chi connectivity index (χ0v) is 11.5. The molecule has 0 saturated heterocycles. The summed E-state index contributed by atoms with van der Waals surface area (Å²) in [6.07, 6.45) is 0.